The monoisotopic (exact) mass is 372 g/mol. The molecule has 0 spiro atoms. The zero-order valence-electron chi connectivity index (χ0n) is 13.3. The molecule has 0 bridgehead atoms. The molecule has 1 aromatic carbocycles. The first-order chi connectivity index (χ1) is 10.7. The number of rotatable bonds is 4. The number of hydrogen-bond donors (Lipinski definition) is 3. The van der Waals surface area contributed by atoms with Gasteiger partial charge in [-0.25, -0.2) is 9.37 Å². The van der Waals surface area contributed by atoms with Gasteiger partial charge in [-0.15, -0.1) is 23.7 Å². The molecule has 2 rings (SSSR count). The van der Waals surface area contributed by atoms with E-state index in [0.717, 1.165) is 0 Å². The third kappa shape index (κ3) is 4.98. The molecule has 130 valence electrons. The highest BCUT2D eigenvalue weighted by Crippen LogP contribution is 2.28. The van der Waals surface area contributed by atoms with E-state index in [0.29, 0.717) is 16.5 Å². The second kappa shape index (κ2) is 7.69. The molecule has 0 radical (unpaired) electrons. The predicted octanol–water partition coefficient (Wildman–Crippen LogP) is 3.01. The summed E-state index contributed by atoms with van der Waals surface area (Å²) in [4.78, 5) is 27.0. The Bertz CT molecular complexity index is 758. The summed E-state index contributed by atoms with van der Waals surface area (Å²) in [7, 11) is 0. The molecule has 9 heteroatoms. The van der Waals surface area contributed by atoms with Gasteiger partial charge in [-0.05, 0) is 32.0 Å². The first-order valence-corrected chi connectivity index (χ1v) is 7.68. The van der Waals surface area contributed by atoms with Gasteiger partial charge in [-0.1, -0.05) is 0 Å². The number of halogens is 2. The average molecular weight is 373 g/mol. The highest BCUT2D eigenvalue weighted by molar-refractivity contribution is 7.14. The summed E-state index contributed by atoms with van der Waals surface area (Å²) in [6.45, 7) is 4.51. The van der Waals surface area contributed by atoms with E-state index < -0.39 is 11.4 Å². The van der Waals surface area contributed by atoms with Crippen molar-refractivity contribution < 1.29 is 14.0 Å². The Morgan fingerprint density at radius 1 is 1.29 bits per heavy atom. The number of aromatic nitrogens is 1. The molecule has 24 heavy (non-hydrogen) atoms. The third-order valence-electron chi connectivity index (χ3n) is 2.88. The van der Waals surface area contributed by atoms with E-state index in [2.05, 4.69) is 15.6 Å². The summed E-state index contributed by atoms with van der Waals surface area (Å²) >= 11 is 1.18. The molecule has 0 saturated carbocycles. The maximum absolute atomic E-state index is 14.2. The van der Waals surface area contributed by atoms with Crippen LogP contribution in [0.1, 0.15) is 20.8 Å². The Morgan fingerprint density at radius 3 is 2.50 bits per heavy atom. The van der Waals surface area contributed by atoms with E-state index in [1.807, 2.05) is 0 Å². The number of hydrogen-bond acceptors (Lipinski definition) is 5. The normalized spacial score (nSPS) is 10.7. The number of anilines is 2. The third-order valence-corrected chi connectivity index (χ3v) is 3.63. The van der Waals surface area contributed by atoms with Crippen LogP contribution in [0.5, 0.6) is 0 Å². The standard InChI is InChI=1S/C15H17FN4O2S.ClH/c1-8(21)18-9-4-5-10(11(16)6-9)12-7-23-14(19-12)20-13(22)15(2,3)17;/h4-7H,17H2,1-3H3,(H,18,21)(H,19,20,22);1H. The lowest BCUT2D eigenvalue weighted by Crippen LogP contribution is -2.45. The highest BCUT2D eigenvalue weighted by atomic mass is 35.5. The molecular formula is C15H18ClFN4O2S. The van der Waals surface area contributed by atoms with Gasteiger partial charge < -0.3 is 16.4 Å². The summed E-state index contributed by atoms with van der Waals surface area (Å²) in [5.74, 6) is -1.17. The summed E-state index contributed by atoms with van der Waals surface area (Å²) < 4.78 is 14.2. The smallest absolute Gasteiger partial charge is 0.245 e. The van der Waals surface area contributed by atoms with Gasteiger partial charge >= 0.3 is 0 Å². The zero-order chi connectivity index (χ0) is 17.2. The van der Waals surface area contributed by atoms with Gasteiger partial charge in [0.25, 0.3) is 0 Å². The van der Waals surface area contributed by atoms with Gasteiger partial charge in [-0.3, -0.25) is 9.59 Å². The molecule has 1 aromatic heterocycles. The van der Waals surface area contributed by atoms with E-state index in [4.69, 9.17) is 5.73 Å². The van der Waals surface area contributed by atoms with Crippen molar-refractivity contribution in [1.29, 1.82) is 0 Å². The van der Waals surface area contributed by atoms with Gasteiger partial charge in [0, 0.05) is 23.6 Å². The number of amides is 2. The number of thiazole rings is 1. The van der Waals surface area contributed by atoms with Crippen LogP contribution >= 0.6 is 23.7 Å². The SMILES string of the molecule is CC(=O)Nc1ccc(-c2csc(NC(=O)C(C)(C)N)n2)c(F)c1.Cl. The second-order valence-corrected chi connectivity index (χ2v) is 6.45. The van der Waals surface area contributed by atoms with Crippen LogP contribution in [0.3, 0.4) is 0 Å². The molecule has 4 N–H and O–H groups in total. The van der Waals surface area contributed by atoms with Crippen LogP contribution in [0, 0.1) is 5.82 Å². The maximum atomic E-state index is 14.2. The number of benzene rings is 1. The number of carbonyl (C=O) groups excluding carboxylic acids is 2. The van der Waals surface area contributed by atoms with Crippen molar-refractivity contribution in [2.45, 2.75) is 26.3 Å². The molecule has 2 aromatic rings. The van der Waals surface area contributed by atoms with Gasteiger partial charge in [0.05, 0.1) is 11.2 Å². The molecule has 0 aliphatic rings. The maximum Gasteiger partial charge on any atom is 0.245 e. The first kappa shape index (κ1) is 20.0. The lowest BCUT2D eigenvalue weighted by Gasteiger charge is -2.16. The van der Waals surface area contributed by atoms with Crippen molar-refractivity contribution in [2.24, 2.45) is 5.73 Å². The van der Waals surface area contributed by atoms with Crippen molar-refractivity contribution in [1.82, 2.24) is 4.98 Å². The topological polar surface area (TPSA) is 97.1 Å². The Balaban J connectivity index is 0.00000288. The molecule has 0 saturated heterocycles. The van der Waals surface area contributed by atoms with Gasteiger partial charge in [0.2, 0.25) is 11.8 Å². The summed E-state index contributed by atoms with van der Waals surface area (Å²) in [6, 6.07) is 4.33. The van der Waals surface area contributed by atoms with Gasteiger partial charge in [0.1, 0.15) is 5.82 Å². The van der Waals surface area contributed by atoms with E-state index in [1.54, 1.807) is 25.3 Å². The summed E-state index contributed by atoms with van der Waals surface area (Å²) in [6.07, 6.45) is 0. The zero-order valence-corrected chi connectivity index (χ0v) is 15.0. The summed E-state index contributed by atoms with van der Waals surface area (Å²) in [5, 5.41) is 7.07. The van der Waals surface area contributed by atoms with E-state index in [9.17, 15) is 14.0 Å². The minimum atomic E-state index is -1.03. The highest BCUT2D eigenvalue weighted by Gasteiger charge is 2.23. The molecule has 0 aliphatic carbocycles. The second-order valence-electron chi connectivity index (χ2n) is 5.59. The Labute approximate surface area is 149 Å². The van der Waals surface area contributed by atoms with Crippen LogP contribution in [0.15, 0.2) is 23.6 Å². The molecule has 0 fully saturated rings. The minimum absolute atomic E-state index is 0. The Hall–Kier alpha value is -2.03. The fourth-order valence-corrected chi connectivity index (χ4v) is 2.42. The number of carbonyl (C=O) groups is 2. The van der Waals surface area contributed by atoms with Gasteiger partial charge in [-0.2, -0.15) is 0 Å². The van der Waals surface area contributed by atoms with Crippen LogP contribution in [0.4, 0.5) is 15.2 Å². The number of nitrogens with one attached hydrogen (secondary N) is 2. The molecule has 0 unspecified atom stereocenters. The number of nitrogens with two attached hydrogens (primary N) is 1. The number of nitrogens with zero attached hydrogens (tertiary/aromatic N) is 1. The van der Waals surface area contributed by atoms with Crippen molar-refractivity contribution in [2.75, 3.05) is 10.6 Å². The molecule has 1 heterocycles. The van der Waals surface area contributed by atoms with Crippen molar-refractivity contribution in [3.05, 3.63) is 29.4 Å². The first-order valence-electron chi connectivity index (χ1n) is 6.80. The van der Waals surface area contributed by atoms with E-state index >= 15 is 0 Å². The average Bonchev–Trinajstić information content (AvgIpc) is 2.85. The fourth-order valence-electron chi connectivity index (χ4n) is 1.72. The summed E-state index contributed by atoms with van der Waals surface area (Å²) in [5.41, 5.74) is 5.71. The van der Waals surface area contributed by atoms with Crippen LogP contribution in [-0.2, 0) is 9.59 Å². The van der Waals surface area contributed by atoms with Gasteiger partial charge in [0.15, 0.2) is 5.13 Å². The quantitative estimate of drug-likeness (QED) is 0.768. The fraction of sp³-hybridized carbons (Fsp3) is 0.267. The lowest BCUT2D eigenvalue weighted by atomic mass is 10.1. The van der Waals surface area contributed by atoms with E-state index in [1.165, 1.54) is 30.4 Å². The molecule has 0 atom stereocenters. The molecular weight excluding hydrogens is 355 g/mol. The van der Waals surface area contributed by atoms with Crippen LogP contribution < -0.4 is 16.4 Å². The van der Waals surface area contributed by atoms with Crippen LogP contribution in [0.2, 0.25) is 0 Å². The predicted molar refractivity (Wildman–Crippen MR) is 96.0 cm³/mol. The Morgan fingerprint density at radius 2 is 1.96 bits per heavy atom. The molecule has 2 amide bonds. The lowest BCUT2D eigenvalue weighted by molar-refractivity contribution is -0.120. The molecule has 0 aliphatic heterocycles. The minimum Gasteiger partial charge on any atom is -0.326 e. The van der Waals surface area contributed by atoms with Crippen molar-refractivity contribution >= 4 is 46.4 Å². The van der Waals surface area contributed by atoms with E-state index in [-0.39, 0.29) is 29.8 Å². The Kier molecular flexibility index (Phi) is 6.42. The van der Waals surface area contributed by atoms with Crippen molar-refractivity contribution in [3.63, 3.8) is 0 Å². The van der Waals surface area contributed by atoms with Crippen molar-refractivity contribution in [3.8, 4) is 11.3 Å². The van der Waals surface area contributed by atoms with Crippen LogP contribution in [-0.4, -0.2) is 22.3 Å². The van der Waals surface area contributed by atoms with Crippen LogP contribution in [0.25, 0.3) is 11.3 Å². The molecule has 6 nitrogen and oxygen atoms in total. The largest absolute Gasteiger partial charge is 0.326 e.